The molecule has 0 spiro atoms. The molecule has 1 aliphatic rings. The third kappa shape index (κ3) is 1.34. The van der Waals surface area contributed by atoms with Crippen molar-refractivity contribution in [3.8, 4) is 0 Å². The van der Waals surface area contributed by atoms with Crippen molar-refractivity contribution in [3.63, 3.8) is 0 Å². The van der Waals surface area contributed by atoms with Gasteiger partial charge < -0.3 is 4.90 Å². The Hall–Kier alpha value is -1.32. The lowest BCUT2D eigenvalue weighted by atomic mass is 10.3. The highest BCUT2D eigenvalue weighted by Gasteiger charge is 2.11. The molecule has 0 aromatic rings. The van der Waals surface area contributed by atoms with Gasteiger partial charge >= 0.3 is 0 Å². The lowest BCUT2D eigenvalue weighted by Gasteiger charge is -2.10. The SMILES string of the molecule is CN1C=CCC([N+](=O)[O-])=C1. The number of nitrogens with zero attached hydrogens (tertiary/aromatic N) is 2. The fourth-order valence-electron chi connectivity index (χ4n) is 0.792. The first-order chi connectivity index (χ1) is 4.70. The molecule has 1 aliphatic heterocycles. The van der Waals surface area contributed by atoms with Crippen molar-refractivity contribution in [2.45, 2.75) is 6.42 Å². The molecule has 10 heavy (non-hydrogen) atoms. The van der Waals surface area contributed by atoms with E-state index in [2.05, 4.69) is 0 Å². The normalized spacial score (nSPS) is 16.9. The average Bonchev–Trinajstić information content (AvgIpc) is 1.88. The lowest BCUT2D eigenvalue weighted by molar-refractivity contribution is -0.427. The minimum absolute atomic E-state index is 0.241. The first-order valence-corrected chi connectivity index (χ1v) is 2.94. The van der Waals surface area contributed by atoms with Crippen LogP contribution in [0.25, 0.3) is 0 Å². The maximum atomic E-state index is 10.2. The summed E-state index contributed by atoms with van der Waals surface area (Å²) in [5.41, 5.74) is 0.241. The van der Waals surface area contributed by atoms with Gasteiger partial charge in [-0.15, -0.1) is 0 Å². The molecule has 0 atom stereocenters. The van der Waals surface area contributed by atoms with E-state index in [0.29, 0.717) is 6.42 Å². The van der Waals surface area contributed by atoms with E-state index in [1.807, 2.05) is 0 Å². The molecule has 4 heteroatoms. The van der Waals surface area contributed by atoms with Crippen LogP contribution in [-0.4, -0.2) is 16.9 Å². The molecule has 1 rings (SSSR count). The van der Waals surface area contributed by atoms with Crippen LogP contribution < -0.4 is 0 Å². The molecular weight excluding hydrogens is 132 g/mol. The molecule has 0 bridgehead atoms. The summed E-state index contributed by atoms with van der Waals surface area (Å²) in [7, 11) is 1.76. The van der Waals surface area contributed by atoms with Gasteiger partial charge in [0.2, 0.25) is 0 Å². The van der Waals surface area contributed by atoms with Gasteiger partial charge in [0.15, 0.2) is 0 Å². The van der Waals surface area contributed by atoms with Crippen molar-refractivity contribution in [2.75, 3.05) is 7.05 Å². The highest BCUT2D eigenvalue weighted by molar-refractivity contribution is 5.06. The molecule has 0 aromatic heterocycles. The van der Waals surface area contributed by atoms with Crippen molar-refractivity contribution < 1.29 is 4.92 Å². The zero-order chi connectivity index (χ0) is 7.56. The largest absolute Gasteiger partial charge is 0.352 e. The quantitative estimate of drug-likeness (QED) is 0.402. The van der Waals surface area contributed by atoms with Crippen molar-refractivity contribution >= 4 is 0 Å². The molecule has 0 aromatic carbocycles. The zero-order valence-corrected chi connectivity index (χ0v) is 5.65. The van der Waals surface area contributed by atoms with Crippen LogP contribution >= 0.6 is 0 Å². The lowest BCUT2D eigenvalue weighted by Crippen LogP contribution is -2.10. The van der Waals surface area contributed by atoms with Crippen molar-refractivity contribution in [2.24, 2.45) is 0 Å². The topological polar surface area (TPSA) is 46.4 Å². The number of hydrogen-bond acceptors (Lipinski definition) is 3. The standard InChI is InChI=1S/C6H8N2O2/c1-7-4-2-3-6(5-7)8(9)10/h2,4-5H,3H2,1H3. The van der Waals surface area contributed by atoms with E-state index in [4.69, 9.17) is 0 Å². The van der Waals surface area contributed by atoms with Crippen LogP contribution in [0, 0.1) is 10.1 Å². The van der Waals surface area contributed by atoms with E-state index in [0.717, 1.165) is 0 Å². The molecule has 0 unspecified atom stereocenters. The van der Waals surface area contributed by atoms with Crippen molar-refractivity contribution in [1.82, 2.24) is 4.90 Å². The summed E-state index contributed by atoms with van der Waals surface area (Å²) >= 11 is 0. The summed E-state index contributed by atoms with van der Waals surface area (Å²) in [6.45, 7) is 0. The molecule has 0 fully saturated rings. The van der Waals surface area contributed by atoms with Crippen molar-refractivity contribution in [1.29, 1.82) is 0 Å². The van der Waals surface area contributed by atoms with Gasteiger partial charge in [-0.2, -0.15) is 0 Å². The van der Waals surface area contributed by atoms with Crippen molar-refractivity contribution in [3.05, 3.63) is 34.3 Å². The van der Waals surface area contributed by atoms with Gasteiger partial charge in [-0.05, 0) is 6.20 Å². The Kier molecular flexibility index (Phi) is 1.71. The summed E-state index contributed by atoms with van der Waals surface area (Å²) in [5.74, 6) is 0. The Morgan fingerprint density at radius 1 is 1.80 bits per heavy atom. The van der Waals surface area contributed by atoms with Gasteiger partial charge in [0, 0.05) is 7.05 Å². The monoisotopic (exact) mass is 140 g/mol. The first kappa shape index (κ1) is 6.80. The molecule has 54 valence electrons. The smallest absolute Gasteiger partial charge is 0.266 e. The van der Waals surface area contributed by atoms with E-state index in [1.54, 1.807) is 24.2 Å². The minimum Gasteiger partial charge on any atom is -0.352 e. The van der Waals surface area contributed by atoms with Gasteiger partial charge in [0.05, 0.1) is 17.5 Å². The molecule has 0 amide bonds. The van der Waals surface area contributed by atoms with Crippen LogP contribution in [0.15, 0.2) is 24.2 Å². The highest BCUT2D eigenvalue weighted by atomic mass is 16.6. The molecule has 0 N–H and O–H groups in total. The minimum atomic E-state index is -0.361. The maximum Gasteiger partial charge on any atom is 0.266 e. The predicted molar refractivity (Wildman–Crippen MR) is 36.6 cm³/mol. The Morgan fingerprint density at radius 2 is 2.50 bits per heavy atom. The number of nitro groups is 1. The van der Waals surface area contributed by atoms with Gasteiger partial charge in [0.25, 0.3) is 5.70 Å². The third-order valence-corrected chi connectivity index (χ3v) is 1.25. The summed E-state index contributed by atoms with van der Waals surface area (Å²) in [4.78, 5) is 11.5. The summed E-state index contributed by atoms with van der Waals surface area (Å²) < 4.78 is 0. The van der Waals surface area contributed by atoms with E-state index >= 15 is 0 Å². The van der Waals surface area contributed by atoms with Crippen LogP contribution in [0.2, 0.25) is 0 Å². The van der Waals surface area contributed by atoms with Gasteiger partial charge in [-0.3, -0.25) is 10.1 Å². The van der Waals surface area contributed by atoms with Crippen LogP contribution in [-0.2, 0) is 0 Å². The predicted octanol–water partition coefficient (Wildman–Crippen LogP) is 0.954. The van der Waals surface area contributed by atoms with Gasteiger partial charge in [-0.1, -0.05) is 6.08 Å². The molecule has 4 nitrogen and oxygen atoms in total. The Morgan fingerprint density at radius 3 is 2.90 bits per heavy atom. The van der Waals surface area contributed by atoms with Crippen LogP contribution in [0.3, 0.4) is 0 Å². The molecule has 0 radical (unpaired) electrons. The summed E-state index contributed by atoms with van der Waals surface area (Å²) in [5, 5.41) is 10.2. The Bertz CT molecular complexity index is 208. The average molecular weight is 140 g/mol. The zero-order valence-electron chi connectivity index (χ0n) is 5.65. The van der Waals surface area contributed by atoms with Gasteiger partial charge in [0.1, 0.15) is 0 Å². The number of hydrogen-bond donors (Lipinski definition) is 0. The van der Waals surface area contributed by atoms with Crippen LogP contribution in [0.1, 0.15) is 6.42 Å². The second-order valence-electron chi connectivity index (χ2n) is 2.13. The third-order valence-electron chi connectivity index (χ3n) is 1.25. The fraction of sp³-hybridized carbons (Fsp3) is 0.333. The molecule has 0 saturated carbocycles. The fourth-order valence-corrected chi connectivity index (χ4v) is 0.792. The number of allylic oxidation sites excluding steroid dienone is 1. The Labute approximate surface area is 58.6 Å². The Balaban J connectivity index is 2.71. The molecule has 0 aliphatic carbocycles. The second-order valence-corrected chi connectivity index (χ2v) is 2.13. The highest BCUT2D eigenvalue weighted by Crippen LogP contribution is 2.09. The summed E-state index contributed by atoms with van der Waals surface area (Å²) in [6, 6.07) is 0. The van der Waals surface area contributed by atoms with Crippen LogP contribution in [0.5, 0.6) is 0 Å². The second kappa shape index (κ2) is 2.51. The molecule has 1 heterocycles. The van der Waals surface area contributed by atoms with Gasteiger partial charge in [-0.25, -0.2) is 0 Å². The van der Waals surface area contributed by atoms with E-state index in [-0.39, 0.29) is 10.6 Å². The maximum absolute atomic E-state index is 10.2. The summed E-state index contributed by atoms with van der Waals surface area (Å²) in [6.07, 6.45) is 5.50. The van der Waals surface area contributed by atoms with Crippen LogP contribution in [0.4, 0.5) is 0 Å². The van der Waals surface area contributed by atoms with E-state index in [1.165, 1.54) is 6.20 Å². The number of rotatable bonds is 1. The molecule has 0 saturated heterocycles. The first-order valence-electron chi connectivity index (χ1n) is 2.94. The van der Waals surface area contributed by atoms with E-state index < -0.39 is 0 Å². The van der Waals surface area contributed by atoms with E-state index in [9.17, 15) is 10.1 Å². The molecular formula is C6H8N2O2.